The van der Waals surface area contributed by atoms with Crippen molar-refractivity contribution in [2.24, 2.45) is 11.3 Å². The van der Waals surface area contributed by atoms with Gasteiger partial charge >= 0.3 is 0 Å². The number of anilines is 5. The second-order valence-electron chi connectivity index (χ2n) is 27.3. The van der Waals surface area contributed by atoms with Crippen LogP contribution in [-0.2, 0) is 27.1 Å². The van der Waals surface area contributed by atoms with Crippen LogP contribution in [0.2, 0.25) is 0 Å². The van der Waals surface area contributed by atoms with Crippen LogP contribution in [0.5, 0.6) is 0 Å². The van der Waals surface area contributed by atoms with Gasteiger partial charge in [0.2, 0.25) is 0 Å². The van der Waals surface area contributed by atoms with Crippen LogP contribution in [0, 0.1) is 11.3 Å². The van der Waals surface area contributed by atoms with Crippen molar-refractivity contribution in [3.05, 3.63) is 202 Å². The molecule has 2 nitrogen and oxygen atoms in total. The standard InChI is InChI=1S/C70H81BN2/c1-65(2,3)50-32-36-59(54(40-50)46-24-18-15-19-25-46)73-61-45-56-55(67(7,8)38-39-68(56,9)10)44-58(61)71-57-41-51(70(13,14)48-28-22-17-23-29-48)33-37-60(57)72(62-42-52(66(4,5)6)43-63(73)64(62)71)53-34-30-49(31-35-53)69(11,12)47-26-20-16-21-27-47/h15-31,33-35,37,41-45,50,54,59H,32,36,38-40H2,1-14H3. The van der Waals surface area contributed by atoms with Gasteiger partial charge in [0.05, 0.1) is 0 Å². The fourth-order valence-electron chi connectivity index (χ4n) is 13.9. The Morgan fingerprint density at radius 2 is 0.973 bits per heavy atom. The summed E-state index contributed by atoms with van der Waals surface area (Å²) in [4.78, 5) is 5.62. The minimum absolute atomic E-state index is 0.0338. The van der Waals surface area contributed by atoms with Gasteiger partial charge in [-0.3, -0.25) is 0 Å². The molecule has 2 heterocycles. The Labute approximate surface area is 440 Å². The van der Waals surface area contributed by atoms with E-state index in [1.165, 1.54) is 115 Å². The quantitative estimate of drug-likeness (QED) is 0.147. The Morgan fingerprint density at radius 1 is 0.466 bits per heavy atom. The Balaban J connectivity index is 1.23. The lowest BCUT2D eigenvalue weighted by molar-refractivity contribution is 0.153. The van der Waals surface area contributed by atoms with Crippen molar-refractivity contribution in [2.75, 3.05) is 9.80 Å². The van der Waals surface area contributed by atoms with Gasteiger partial charge in [-0.15, -0.1) is 0 Å². The number of nitrogens with zero attached hydrogens (tertiary/aromatic N) is 2. The molecule has 2 aliphatic carbocycles. The lowest BCUT2D eigenvalue weighted by Gasteiger charge is -2.52. The molecule has 73 heavy (non-hydrogen) atoms. The summed E-state index contributed by atoms with van der Waals surface area (Å²) >= 11 is 0. The molecule has 4 aliphatic rings. The molecule has 0 N–H and O–H groups in total. The average Bonchev–Trinajstić information content (AvgIpc) is 3.37. The highest BCUT2D eigenvalue weighted by Gasteiger charge is 2.50. The zero-order chi connectivity index (χ0) is 51.6. The SMILES string of the molecule is CC(C)(C)c1cc2c3c(c1)N(C1CCC(C(C)(C)C)CC1c1ccccc1)c1cc4c(cc1B3c1cc(C(C)(C)c3ccccc3)ccc1N2c1ccc(C(C)(C)c2ccccc2)cc1)C(C)(C)CCC4(C)C. The van der Waals surface area contributed by atoms with Gasteiger partial charge in [0.15, 0.2) is 0 Å². The summed E-state index contributed by atoms with van der Waals surface area (Å²) in [5.41, 5.74) is 22.1. The van der Waals surface area contributed by atoms with Crippen LogP contribution in [0.15, 0.2) is 158 Å². The third-order valence-electron chi connectivity index (χ3n) is 19.1. The van der Waals surface area contributed by atoms with Gasteiger partial charge in [0.25, 0.3) is 6.71 Å². The third kappa shape index (κ3) is 8.31. The van der Waals surface area contributed by atoms with Gasteiger partial charge in [-0.1, -0.05) is 218 Å². The van der Waals surface area contributed by atoms with Crippen molar-refractivity contribution in [1.82, 2.24) is 0 Å². The topological polar surface area (TPSA) is 6.48 Å². The summed E-state index contributed by atoms with van der Waals surface area (Å²) in [5.74, 6) is 0.997. The van der Waals surface area contributed by atoms with Crippen LogP contribution in [0.25, 0.3) is 0 Å². The van der Waals surface area contributed by atoms with Crippen molar-refractivity contribution in [3.8, 4) is 0 Å². The van der Waals surface area contributed by atoms with Gasteiger partial charge in [0.1, 0.15) is 0 Å². The van der Waals surface area contributed by atoms with E-state index < -0.39 is 0 Å². The Morgan fingerprint density at radius 3 is 1.55 bits per heavy atom. The summed E-state index contributed by atoms with van der Waals surface area (Å²) in [6, 6.07) is 62.0. The molecule has 3 heteroatoms. The van der Waals surface area contributed by atoms with E-state index in [9.17, 15) is 0 Å². The number of rotatable bonds is 7. The summed E-state index contributed by atoms with van der Waals surface area (Å²) in [5, 5.41) is 0. The number of benzene rings is 7. The molecule has 2 aliphatic heterocycles. The van der Waals surface area contributed by atoms with Crippen LogP contribution in [0.4, 0.5) is 28.4 Å². The largest absolute Gasteiger partial charge is 0.339 e. The predicted octanol–water partition coefficient (Wildman–Crippen LogP) is 16.7. The maximum absolute atomic E-state index is 2.96. The lowest BCUT2D eigenvalue weighted by atomic mass is 9.32. The van der Waals surface area contributed by atoms with E-state index in [2.05, 4.69) is 264 Å². The molecule has 3 unspecified atom stereocenters. The van der Waals surface area contributed by atoms with Gasteiger partial charge in [-0.2, -0.15) is 0 Å². The molecule has 0 aromatic heterocycles. The molecule has 0 bridgehead atoms. The van der Waals surface area contributed by atoms with Crippen molar-refractivity contribution in [3.63, 3.8) is 0 Å². The van der Waals surface area contributed by atoms with Crippen LogP contribution in [-0.4, -0.2) is 12.8 Å². The van der Waals surface area contributed by atoms with Crippen LogP contribution >= 0.6 is 0 Å². The van der Waals surface area contributed by atoms with E-state index in [1.807, 2.05) is 0 Å². The van der Waals surface area contributed by atoms with Crippen LogP contribution in [0.3, 0.4) is 0 Å². The first-order chi connectivity index (χ1) is 34.5. The van der Waals surface area contributed by atoms with Crippen molar-refractivity contribution < 1.29 is 0 Å². The molecule has 1 fully saturated rings. The Bertz CT molecular complexity index is 3180. The van der Waals surface area contributed by atoms with Gasteiger partial charge in [0, 0.05) is 51.2 Å². The first kappa shape index (κ1) is 49.4. The zero-order valence-corrected chi connectivity index (χ0v) is 46.8. The van der Waals surface area contributed by atoms with Gasteiger partial charge < -0.3 is 9.80 Å². The molecule has 374 valence electrons. The van der Waals surface area contributed by atoms with Crippen molar-refractivity contribution in [1.29, 1.82) is 0 Å². The molecule has 7 aromatic rings. The third-order valence-corrected chi connectivity index (χ3v) is 19.1. The first-order valence-electron chi connectivity index (χ1n) is 27.8. The van der Waals surface area contributed by atoms with Crippen LogP contribution in [0.1, 0.15) is 179 Å². The maximum atomic E-state index is 2.96. The molecule has 0 saturated heterocycles. The highest BCUT2D eigenvalue weighted by Crippen LogP contribution is 2.54. The van der Waals surface area contributed by atoms with E-state index in [1.54, 1.807) is 0 Å². The monoisotopic (exact) mass is 961 g/mol. The number of hydrogen-bond donors (Lipinski definition) is 0. The highest BCUT2D eigenvalue weighted by molar-refractivity contribution is 7.00. The molecule has 11 rings (SSSR count). The fourth-order valence-corrected chi connectivity index (χ4v) is 13.9. The smallest absolute Gasteiger partial charge is 0.252 e. The van der Waals surface area contributed by atoms with E-state index in [-0.39, 0.29) is 45.2 Å². The highest BCUT2D eigenvalue weighted by atomic mass is 15.2. The summed E-state index contributed by atoms with van der Waals surface area (Å²) in [6.07, 6.45) is 5.90. The molecule has 7 aromatic carbocycles. The lowest BCUT2D eigenvalue weighted by Crippen LogP contribution is -2.64. The van der Waals surface area contributed by atoms with E-state index in [0.717, 1.165) is 6.42 Å². The Hall–Kier alpha value is -5.80. The van der Waals surface area contributed by atoms with Crippen molar-refractivity contribution in [2.45, 2.75) is 168 Å². The van der Waals surface area contributed by atoms with E-state index in [0.29, 0.717) is 11.8 Å². The zero-order valence-electron chi connectivity index (χ0n) is 46.8. The van der Waals surface area contributed by atoms with Gasteiger partial charge in [-0.05, 0) is 157 Å². The van der Waals surface area contributed by atoms with Gasteiger partial charge in [-0.25, -0.2) is 0 Å². The van der Waals surface area contributed by atoms with Crippen molar-refractivity contribution >= 4 is 51.5 Å². The first-order valence-corrected chi connectivity index (χ1v) is 27.8. The maximum Gasteiger partial charge on any atom is 0.252 e. The minimum atomic E-state index is -0.217. The fraction of sp³-hybridized carbons (Fsp3) is 0.400. The normalized spacial score (nSPS) is 20.2. The molecular weight excluding hydrogens is 880 g/mol. The molecule has 0 spiro atoms. The molecule has 1 saturated carbocycles. The molecule has 0 radical (unpaired) electrons. The average molecular weight is 961 g/mol. The second kappa shape index (κ2) is 17.4. The minimum Gasteiger partial charge on any atom is -0.339 e. The molecular formula is C70H81BN2. The predicted molar refractivity (Wildman–Crippen MR) is 315 cm³/mol. The van der Waals surface area contributed by atoms with Crippen LogP contribution < -0.4 is 26.2 Å². The summed E-state index contributed by atoms with van der Waals surface area (Å²) in [6.45, 7) is 34.4. The van der Waals surface area contributed by atoms with E-state index >= 15 is 0 Å². The summed E-state index contributed by atoms with van der Waals surface area (Å²) < 4.78 is 0. The Kier molecular flexibility index (Phi) is 11.8. The number of hydrogen-bond acceptors (Lipinski definition) is 2. The number of fused-ring (bicyclic) bond motifs is 5. The summed E-state index contributed by atoms with van der Waals surface area (Å²) in [7, 11) is 0. The second-order valence-corrected chi connectivity index (χ2v) is 27.3. The molecule has 3 atom stereocenters. The van der Waals surface area contributed by atoms with E-state index in [4.69, 9.17) is 0 Å². The molecule has 0 amide bonds.